The number of amides is 1. The Bertz CT molecular complexity index is 802. The van der Waals surface area contributed by atoms with Gasteiger partial charge in [-0.15, -0.1) is 0 Å². The van der Waals surface area contributed by atoms with Gasteiger partial charge < -0.3 is 14.5 Å². The summed E-state index contributed by atoms with van der Waals surface area (Å²) in [5, 5.41) is 0. The molecule has 0 radical (unpaired) electrons. The molecule has 3 rings (SSSR count). The fraction of sp³-hybridized carbons (Fsp3) is 0.364. The molecule has 5 heteroatoms. The van der Waals surface area contributed by atoms with Gasteiger partial charge in [0.25, 0.3) is 5.91 Å². The zero-order chi connectivity index (χ0) is 19.4. The van der Waals surface area contributed by atoms with Crippen molar-refractivity contribution in [2.45, 2.75) is 20.8 Å². The van der Waals surface area contributed by atoms with Crippen molar-refractivity contribution in [3.63, 3.8) is 0 Å². The zero-order valence-electron chi connectivity index (χ0n) is 16.2. The van der Waals surface area contributed by atoms with E-state index in [1.165, 1.54) is 0 Å². The van der Waals surface area contributed by atoms with Crippen LogP contribution in [0, 0.1) is 13.8 Å². The van der Waals surface area contributed by atoms with Crippen LogP contribution in [0.5, 0.6) is 5.75 Å². The monoisotopic (exact) mass is 366 g/mol. The molecule has 27 heavy (non-hydrogen) atoms. The molecule has 142 valence electrons. The van der Waals surface area contributed by atoms with Crippen molar-refractivity contribution in [3.8, 4) is 5.75 Å². The lowest BCUT2D eigenvalue weighted by Crippen LogP contribution is -2.50. The van der Waals surface area contributed by atoms with E-state index in [1.807, 2.05) is 61.2 Å². The number of nitrogens with zero attached hydrogens (tertiary/aromatic N) is 2. The summed E-state index contributed by atoms with van der Waals surface area (Å²) in [6.07, 6.45) is 0. The van der Waals surface area contributed by atoms with Crippen molar-refractivity contribution in [2.24, 2.45) is 0 Å². The number of ketones is 1. The third-order valence-electron chi connectivity index (χ3n) is 5.02. The maximum absolute atomic E-state index is 12.5. The number of para-hydroxylation sites is 1. The smallest absolute Gasteiger partial charge is 0.260 e. The highest BCUT2D eigenvalue weighted by molar-refractivity contribution is 5.94. The molecule has 0 saturated carbocycles. The molecule has 2 aromatic carbocycles. The third kappa shape index (κ3) is 4.48. The van der Waals surface area contributed by atoms with Crippen LogP contribution in [0.1, 0.15) is 28.4 Å². The van der Waals surface area contributed by atoms with Gasteiger partial charge >= 0.3 is 0 Å². The fourth-order valence-electron chi connectivity index (χ4n) is 3.37. The average molecular weight is 366 g/mol. The molecule has 0 bridgehead atoms. The van der Waals surface area contributed by atoms with Crippen LogP contribution in [0.2, 0.25) is 0 Å². The van der Waals surface area contributed by atoms with Crippen LogP contribution in [0.25, 0.3) is 0 Å². The molecule has 1 heterocycles. The Kier molecular flexibility index (Phi) is 5.79. The highest BCUT2D eigenvalue weighted by Crippen LogP contribution is 2.22. The molecular weight excluding hydrogens is 340 g/mol. The SMILES string of the molecule is CC(=O)c1ccc(N2CCN(C(=O)COc3c(C)cccc3C)CC2)cc1. The number of benzene rings is 2. The van der Waals surface area contributed by atoms with E-state index in [4.69, 9.17) is 4.74 Å². The Hall–Kier alpha value is -2.82. The Balaban J connectivity index is 1.52. The van der Waals surface area contributed by atoms with Gasteiger partial charge in [0, 0.05) is 37.4 Å². The lowest BCUT2D eigenvalue weighted by Gasteiger charge is -2.36. The molecule has 0 aromatic heterocycles. The van der Waals surface area contributed by atoms with Crippen molar-refractivity contribution in [3.05, 3.63) is 59.2 Å². The standard InChI is InChI=1S/C22H26N2O3/c1-16-5-4-6-17(2)22(16)27-15-21(26)24-13-11-23(12-14-24)20-9-7-19(8-10-20)18(3)25/h4-10H,11-15H2,1-3H3. The van der Waals surface area contributed by atoms with E-state index in [9.17, 15) is 9.59 Å². The predicted octanol–water partition coefficient (Wildman–Crippen LogP) is 3.23. The van der Waals surface area contributed by atoms with Crippen LogP contribution in [0.15, 0.2) is 42.5 Å². The topological polar surface area (TPSA) is 49.9 Å². The van der Waals surface area contributed by atoms with Gasteiger partial charge in [-0.2, -0.15) is 0 Å². The second-order valence-corrected chi connectivity index (χ2v) is 6.98. The maximum Gasteiger partial charge on any atom is 0.260 e. The number of carbonyl (C=O) groups is 2. The molecule has 1 fully saturated rings. The molecule has 0 spiro atoms. The number of aryl methyl sites for hydroxylation is 2. The van der Waals surface area contributed by atoms with Gasteiger partial charge in [0.1, 0.15) is 5.75 Å². The minimum absolute atomic E-state index is 0.0178. The number of piperazine rings is 1. The van der Waals surface area contributed by atoms with Crippen LogP contribution < -0.4 is 9.64 Å². The van der Waals surface area contributed by atoms with E-state index in [0.717, 1.165) is 41.2 Å². The number of hydrogen-bond acceptors (Lipinski definition) is 4. The largest absolute Gasteiger partial charge is 0.483 e. The highest BCUT2D eigenvalue weighted by Gasteiger charge is 2.22. The molecule has 1 amide bonds. The lowest BCUT2D eigenvalue weighted by molar-refractivity contribution is -0.133. The first-order valence-electron chi connectivity index (χ1n) is 9.28. The van der Waals surface area contributed by atoms with E-state index in [2.05, 4.69) is 4.90 Å². The number of ether oxygens (including phenoxy) is 1. The summed E-state index contributed by atoms with van der Waals surface area (Å²) in [4.78, 5) is 28.0. The summed E-state index contributed by atoms with van der Waals surface area (Å²) >= 11 is 0. The summed E-state index contributed by atoms with van der Waals surface area (Å²) in [6.45, 7) is 8.50. The van der Waals surface area contributed by atoms with Gasteiger partial charge in [-0.1, -0.05) is 18.2 Å². The van der Waals surface area contributed by atoms with Crippen LogP contribution in [-0.2, 0) is 4.79 Å². The van der Waals surface area contributed by atoms with Crippen molar-refractivity contribution in [1.82, 2.24) is 4.90 Å². The maximum atomic E-state index is 12.5. The van der Waals surface area contributed by atoms with E-state index < -0.39 is 0 Å². The van der Waals surface area contributed by atoms with E-state index in [-0.39, 0.29) is 18.3 Å². The summed E-state index contributed by atoms with van der Waals surface area (Å²) in [6, 6.07) is 13.6. The summed E-state index contributed by atoms with van der Waals surface area (Å²) in [5.41, 5.74) is 3.89. The van der Waals surface area contributed by atoms with Gasteiger partial charge in [-0.05, 0) is 56.2 Å². The van der Waals surface area contributed by atoms with Crippen LogP contribution in [0.4, 0.5) is 5.69 Å². The highest BCUT2D eigenvalue weighted by atomic mass is 16.5. The van der Waals surface area contributed by atoms with Gasteiger partial charge in [0.05, 0.1) is 0 Å². The number of anilines is 1. The van der Waals surface area contributed by atoms with Crippen molar-refractivity contribution < 1.29 is 14.3 Å². The molecule has 0 atom stereocenters. The van der Waals surface area contributed by atoms with Crippen molar-refractivity contribution in [1.29, 1.82) is 0 Å². The lowest BCUT2D eigenvalue weighted by atomic mass is 10.1. The molecule has 1 aliphatic heterocycles. The molecule has 5 nitrogen and oxygen atoms in total. The molecule has 2 aromatic rings. The number of hydrogen-bond donors (Lipinski definition) is 0. The van der Waals surface area contributed by atoms with E-state index >= 15 is 0 Å². The van der Waals surface area contributed by atoms with Gasteiger partial charge in [-0.3, -0.25) is 9.59 Å². The summed E-state index contributed by atoms with van der Waals surface area (Å²) in [7, 11) is 0. The van der Waals surface area contributed by atoms with Crippen LogP contribution in [0.3, 0.4) is 0 Å². The predicted molar refractivity (Wildman–Crippen MR) is 107 cm³/mol. The molecule has 0 unspecified atom stereocenters. The molecule has 1 aliphatic rings. The zero-order valence-corrected chi connectivity index (χ0v) is 16.2. The minimum Gasteiger partial charge on any atom is -0.483 e. The van der Waals surface area contributed by atoms with E-state index in [1.54, 1.807) is 6.92 Å². The van der Waals surface area contributed by atoms with Gasteiger partial charge in [-0.25, -0.2) is 0 Å². The Morgan fingerprint density at radius 2 is 1.52 bits per heavy atom. The van der Waals surface area contributed by atoms with Crippen molar-refractivity contribution >= 4 is 17.4 Å². The van der Waals surface area contributed by atoms with Gasteiger partial charge in [0.2, 0.25) is 0 Å². The summed E-state index contributed by atoms with van der Waals surface area (Å²) < 4.78 is 5.79. The summed E-state index contributed by atoms with van der Waals surface area (Å²) in [5.74, 6) is 0.889. The Morgan fingerprint density at radius 3 is 2.07 bits per heavy atom. The number of Topliss-reactive ketones (excluding diaryl/α,β-unsaturated/α-hetero) is 1. The van der Waals surface area contributed by atoms with Gasteiger partial charge in [0.15, 0.2) is 12.4 Å². The Labute approximate surface area is 160 Å². The van der Waals surface area contributed by atoms with Crippen LogP contribution in [-0.4, -0.2) is 49.4 Å². The second-order valence-electron chi connectivity index (χ2n) is 6.98. The first kappa shape index (κ1) is 19.0. The number of rotatable bonds is 5. The quantitative estimate of drug-likeness (QED) is 0.763. The molecule has 1 saturated heterocycles. The Morgan fingerprint density at radius 1 is 0.926 bits per heavy atom. The van der Waals surface area contributed by atoms with Crippen molar-refractivity contribution in [2.75, 3.05) is 37.7 Å². The molecule has 0 aliphatic carbocycles. The normalized spacial score (nSPS) is 14.2. The molecular formula is C22H26N2O3. The number of carbonyl (C=O) groups excluding carboxylic acids is 2. The first-order chi connectivity index (χ1) is 13.0. The molecule has 0 N–H and O–H groups in total. The minimum atomic E-state index is 0.0178. The fourth-order valence-corrected chi connectivity index (χ4v) is 3.37. The third-order valence-corrected chi connectivity index (χ3v) is 5.02. The average Bonchev–Trinajstić information content (AvgIpc) is 2.67. The van der Waals surface area contributed by atoms with E-state index in [0.29, 0.717) is 13.1 Å². The second kappa shape index (κ2) is 8.25. The first-order valence-corrected chi connectivity index (χ1v) is 9.28. The van der Waals surface area contributed by atoms with Crippen LogP contribution >= 0.6 is 0 Å².